The maximum Gasteiger partial charge on any atom is 0.294 e. The summed E-state index contributed by atoms with van der Waals surface area (Å²) in [6, 6.07) is 21.3. The topological polar surface area (TPSA) is 195 Å². The van der Waals surface area contributed by atoms with Crippen LogP contribution < -0.4 is 9.47 Å². The van der Waals surface area contributed by atoms with Gasteiger partial charge < -0.3 is 19.1 Å². The Morgan fingerprint density at radius 1 is 0.529 bits per heavy atom. The number of aryl methyl sites for hydroxylation is 2. The predicted molar refractivity (Wildman–Crippen MR) is 194 cm³/mol. The molecule has 0 atom stereocenters. The molecular formula is C36H44O12S3. The molecule has 51 heavy (non-hydrogen) atoms. The van der Waals surface area contributed by atoms with Crippen LogP contribution in [0, 0.1) is 13.8 Å². The van der Waals surface area contributed by atoms with Crippen LogP contribution in [0.2, 0.25) is 0 Å². The molecule has 278 valence electrons. The van der Waals surface area contributed by atoms with Gasteiger partial charge in [0.2, 0.25) is 9.84 Å². The Hall–Kier alpha value is -4.41. The van der Waals surface area contributed by atoms with Crippen molar-refractivity contribution in [2.24, 2.45) is 0 Å². The number of benzene rings is 4. The third-order valence-corrected chi connectivity index (χ3v) is 10.5. The summed E-state index contributed by atoms with van der Waals surface area (Å²) in [6.45, 7) is 18.9. The summed E-state index contributed by atoms with van der Waals surface area (Å²) >= 11 is 0. The Morgan fingerprint density at radius 3 is 1.29 bits per heavy atom. The molecule has 4 aromatic carbocycles. The van der Waals surface area contributed by atoms with E-state index in [-0.39, 0.29) is 30.7 Å². The van der Waals surface area contributed by atoms with E-state index in [4.69, 9.17) is 23.6 Å². The Labute approximate surface area is 300 Å². The summed E-state index contributed by atoms with van der Waals surface area (Å²) in [6.07, 6.45) is 0. The number of hydrogen-bond acceptors (Lipinski definition) is 10. The summed E-state index contributed by atoms with van der Waals surface area (Å²) in [4.78, 5) is 15.9. The highest BCUT2D eigenvalue weighted by Gasteiger charge is 2.21. The van der Waals surface area contributed by atoms with Gasteiger partial charge in [-0.3, -0.25) is 9.11 Å². The van der Waals surface area contributed by atoms with Gasteiger partial charge in [0.1, 0.15) is 41.3 Å². The molecule has 0 fully saturated rings. The standard InChI is InChI=1S/C23H24O7S2.C11H16O3S.2CH2O/c1-16-5-6-19(15-22(16)32(26,27)28)29-17-7-11-20(12-8-17)31(24,25)21-13-9-18(10-14-21)30-23(2,3)4;1-8-5-6-9(11(2,3)4)7-10(8)15(12,13)14;2*1-2/h5-15H,1-4H3,(H,26,27,28);5-7H,1-4H3,(H,12,13,14);2*1H2. The van der Waals surface area contributed by atoms with Crippen molar-refractivity contribution in [3.63, 3.8) is 0 Å². The van der Waals surface area contributed by atoms with Crippen LogP contribution in [0.15, 0.2) is 105 Å². The quantitative estimate of drug-likeness (QED) is 0.180. The molecule has 0 radical (unpaired) electrons. The lowest BCUT2D eigenvalue weighted by Crippen LogP contribution is -2.22. The number of rotatable bonds is 7. The molecule has 0 saturated heterocycles. The fraction of sp³-hybridized carbons (Fsp3) is 0.278. The first-order valence-corrected chi connectivity index (χ1v) is 19.3. The van der Waals surface area contributed by atoms with Crippen LogP contribution in [0.4, 0.5) is 0 Å². The van der Waals surface area contributed by atoms with Crippen LogP contribution >= 0.6 is 0 Å². The van der Waals surface area contributed by atoms with Crippen molar-refractivity contribution >= 4 is 43.7 Å². The summed E-state index contributed by atoms with van der Waals surface area (Å²) in [5.41, 5.74) is 1.30. The number of carbonyl (C=O) groups is 2. The molecule has 0 saturated carbocycles. The molecule has 2 N–H and O–H groups in total. The van der Waals surface area contributed by atoms with E-state index in [1.807, 2.05) is 61.2 Å². The van der Waals surface area contributed by atoms with Gasteiger partial charge in [-0.1, -0.05) is 39.0 Å². The minimum atomic E-state index is -4.39. The molecule has 0 aliphatic heterocycles. The molecule has 12 nitrogen and oxygen atoms in total. The highest BCUT2D eigenvalue weighted by Crippen LogP contribution is 2.30. The van der Waals surface area contributed by atoms with Gasteiger partial charge in [-0.25, -0.2) is 8.42 Å². The molecule has 0 amide bonds. The SMILES string of the molecule is C=O.C=O.Cc1ccc(C(C)(C)C)cc1S(=O)(=O)O.Cc1ccc(Oc2ccc(S(=O)(=O)c3ccc(OC(C)(C)C)cc3)cc2)cc1S(=O)(=O)O. The Morgan fingerprint density at radius 2 is 0.902 bits per heavy atom. The van der Waals surface area contributed by atoms with E-state index in [9.17, 15) is 29.8 Å². The van der Waals surface area contributed by atoms with E-state index in [1.54, 1.807) is 38.1 Å². The van der Waals surface area contributed by atoms with Crippen LogP contribution in [0.25, 0.3) is 0 Å². The normalized spacial score (nSPS) is 11.7. The zero-order valence-corrected chi connectivity index (χ0v) is 32.1. The monoisotopic (exact) mass is 764 g/mol. The van der Waals surface area contributed by atoms with Gasteiger partial charge in [0.25, 0.3) is 20.2 Å². The van der Waals surface area contributed by atoms with E-state index in [1.165, 1.54) is 54.6 Å². The van der Waals surface area contributed by atoms with Crippen LogP contribution in [-0.2, 0) is 45.1 Å². The summed E-state index contributed by atoms with van der Waals surface area (Å²) < 4.78 is 101. The molecule has 0 spiro atoms. The maximum absolute atomic E-state index is 12.9. The number of ether oxygens (including phenoxy) is 2. The molecule has 0 bridgehead atoms. The second kappa shape index (κ2) is 17.7. The molecule has 0 unspecified atom stereocenters. The largest absolute Gasteiger partial charge is 0.488 e. The minimum Gasteiger partial charge on any atom is -0.488 e. The van der Waals surface area contributed by atoms with E-state index in [0.717, 1.165) is 5.56 Å². The van der Waals surface area contributed by atoms with Gasteiger partial charge in [0.05, 0.1) is 14.7 Å². The summed E-state index contributed by atoms with van der Waals surface area (Å²) in [5, 5.41) is 0. The average Bonchev–Trinajstić information content (AvgIpc) is 3.02. The van der Waals surface area contributed by atoms with Crippen molar-refractivity contribution in [2.45, 2.75) is 86.0 Å². The fourth-order valence-electron chi connectivity index (χ4n) is 4.27. The van der Waals surface area contributed by atoms with E-state index >= 15 is 0 Å². The van der Waals surface area contributed by atoms with Crippen molar-refractivity contribution in [3.8, 4) is 17.2 Å². The fourth-order valence-corrected chi connectivity index (χ4v) is 7.02. The first-order valence-electron chi connectivity index (χ1n) is 14.9. The van der Waals surface area contributed by atoms with Gasteiger partial charge in [-0.15, -0.1) is 0 Å². The molecule has 0 aliphatic carbocycles. The highest BCUT2D eigenvalue weighted by molar-refractivity contribution is 7.91. The Balaban J connectivity index is 0.000000573. The first-order chi connectivity index (χ1) is 23.4. The second-order valence-corrected chi connectivity index (χ2v) is 17.6. The lowest BCUT2D eigenvalue weighted by molar-refractivity contribution is -0.0987. The van der Waals surface area contributed by atoms with Crippen molar-refractivity contribution in [2.75, 3.05) is 0 Å². The van der Waals surface area contributed by atoms with Crippen molar-refractivity contribution < 1.29 is 53.4 Å². The third kappa shape index (κ3) is 13.3. The molecule has 4 aromatic rings. The molecule has 0 aromatic heterocycles. The van der Waals surface area contributed by atoms with Gasteiger partial charge in [0, 0.05) is 6.07 Å². The number of carbonyl (C=O) groups excluding carboxylic acids is 2. The van der Waals surface area contributed by atoms with Crippen LogP contribution in [0.3, 0.4) is 0 Å². The molecular weight excluding hydrogens is 721 g/mol. The lowest BCUT2D eigenvalue weighted by atomic mass is 9.87. The lowest BCUT2D eigenvalue weighted by Gasteiger charge is -2.21. The summed E-state index contributed by atoms with van der Waals surface area (Å²) in [5.74, 6) is 1.07. The molecule has 15 heteroatoms. The van der Waals surface area contributed by atoms with E-state index in [0.29, 0.717) is 22.6 Å². The second-order valence-electron chi connectivity index (χ2n) is 12.9. The molecule has 4 rings (SSSR count). The summed E-state index contributed by atoms with van der Waals surface area (Å²) in [7, 11) is -12.2. The van der Waals surface area contributed by atoms with Gasteiger partial charge >= 0.3 is 0 Å². The number of sulfone groups is 1. The van der Waals surface area contributed by atoms with Crippen LogP contribution in [0.1, 0.15) is 58.2 Å². The van der Waals surface area contributed by atoms with Crippen LogP contribution in [0.5, 0.6) is 17.2 Å². The number of hydrogen-bond donors (Lipinski definition) is 2. The van der Waals surface area contributed by atoms with Crippen molar-refractivity contribution in [1.29, 1.82) is 0 Å². The predicted octanol–water partition coefficient (Wildman–Crippen LogP) is 7.21. The zero-order valence-electron chi connectivity index (χ0n) is 29.7. The van der Waals surface area contributed by atoms with Crippen LogP contribution in [-0.4, -0.2) is 53.5 Å². The third-order valence-electron chi connectivity index (χ3n) is 6.70. The van der Waals surface area contributed by atoms with Crippen molar-refractivity contribution in [1.82, 2.24) is 0 Å². The maximum atomic E-state index is 12.9. The van der Waals surface area contributed by atoms with Gasteiger partial charge in [0.15, 0.2) is 0 Å². The highest BCUT2D eigenvalue weighted by atomic mass is 32.2. The van der Waals surface area contributed by atoms with E-state index in [2.05, 4.69) is 0 Å². The molecule has 0 heterocycles. The first kappa shape index (κ1) is 44.6. The zero-order chi connectivity index (χ0) is 39.6. The van der Waals surface area contributed by atoms with E-state index < -0.39 is 35.7 Å². The van der Waals surface area contributed by atoms with Gasteiger partial charge in [-0.2, -0.15) is 16.8 Å². The minimum absolute atomic E-state index is 0.00470. The van der Waals surface area contributed by atoms with Crippen molar-refractivity contribution in [3.05, 3.63) is 102 Å². The smallest absolute Gasteiger partial charge is 0.294 e. The van der Waals surface area contributed by atoms with Gasteiger partial charge in [-0.05, 0) is 117 Å². The average molecular weight is 765 g/mol. The Kier molecular flexibility index (Phi) is 15.5. The molecule has 0 aliphatic rings. The Bertz CT molecular complexity index is 2090.